The maximum absolute atomic E-state index is 14.6. The summed E-state index contributed by atoms with van der Waals surface area (Å²) in [4.78, 5) is 27.4. The van der Waals surface area contributed by atoms with E-state index in [4.69, 9.17) is 23.4 Å². The van der Waals surface area contributed by atoms with E-state index in [2.05, 4.69) is 15.1 Å². The standard InChI is InChI=1S/C25H29Cl2FN4O2/c1-14(2)25(5)13-22(33)32(24(30-25)31-27)16(4)18-9-19(12-21(28)11-18)23(34)29-15(3)17-7-6-8-20(26)10-17/h6-12,14-16H,13H2,1-5H3,(H,29,34)(H,30,31)/t15-,16+,25-/m0/s1. The van der Waals surface area contributed by atoms with E-state index < -0.39 is 23.3 Å². The smallest absolute Gasteiger partial charge is 0.251 e. The molecule has 0 saturated carbocycles. The molecule has 2 aromatic rings. The first-order valence-electron chi connectivity index (χ1n) is 11.1. The molecule has 182 valence electrons. The number of hydrogen-bond acceptors (Lipinski definition) is 3. The molecule has 0 spiro atoms. The number of rotatable bonds is 6. The third kappa shape index (κ3) is 5.53. The lowest BCUT2D eigenvalue weighted by Gasteiger charge is -2.45. The van der Waals surface area contributed by atoms with Crippen molar-refractivity contribution >= 4 is 41.2 Å². The second kappa shape index (κ2) is 10.3. The Morgan fingerprint density at radius 2 is 1.88 bits per heavy atom. The Bertz CT molecular complexity index is 1120. The van der Waals surface area contributed by atoms with Gasteiger partial charge in [-0.3, -0.25) is 14.5 Å². The summed E-state index contributed by atoms with van der Waals surface area (Å²) in [6, 6.07) is 10.2. The molecule has 0 aromatic heterocycles. The van der Waals surface area contributed by atoms with Crippen molar-refractivity contribution in [3.05, 3.63) is 70.0 Å². The van der Waals surface area contributed by atoms with Gasteiger partial charge in [-0.2, -0.15) is 0 Å². The first-order chi connectivity index (χ1) is 15.9. The van der Waals surface area contributed by atoms with Crippen molar-refractivity contribution in [2.45, 2.75) is 58.7 Å². The van der Waals surface area contributed by atoms with E-state index in [-0.39, 0.29) is 35.8 Å². The van der Waals surface area contributed by atoms with Crippen molar-refractivity contribution in [2.24, 2.45) is 10.4 Å². The van der Waals surface area contributed by atoms with Crippen molar-refractivity contribution in [3.8, 4) is 0 Å². The molecule has 0 bridgehead atoms. The van der Waals surface area contributed by atoms with Crippen molar-refractivity contribution < 1.29 is 14.0 Å². The van der Waals surface area contributed by atoms with E-state index >= 15 is 0 Å². The molecule has 0 aliphatic carbocycles. The van der Waals surface area contributed by atoms with Crippen LogP contribution in [0.15, 0.2) is 47.0 Å². The number of halogens is 3. The molecule has 2 amide bonds. The van der Waals surface area contributed by atoms with Crippen LogP contribution in [0.25, 0.3) is 0 Å². The summed E-state index contributed by atoms with van der Waals surface area (Å²) in [5.41, 5.74) is 0.906. The Kier molecular flexibility index (Phi) is 7.88. The molecular formula is C25H29Cl2FN4O2. The van der Waals surface area contributed by atoms with E-state index in [0.29, 0.717) is 10.6 Å². The minimum absolute atomic E-state index is 0.143. The Labute approximate surface area is 209 Å². The highest BCUT2D eigenvalue weighted by molar-refractivity contribution is 6.30. The molecule has 0 radical (unpaired) electrons. The zero-order chi connectivity index (χ0) is 25.2. The fourth-order valence-electron chi connectivity index (χ4n) is 3.96. The molecule has 1 heterocycles. The summed E-state index contributed by atoms with van der Waals surface area (Å²) in [6.45, 7) is 9.51. The normalized spacial score (nSPS) is 21.4. The Balaban J connectivity index is 1.85. The second-order valence-electron chi connectivity index (χ2n) is 9.25. The average molecular weight is 507 g/mol. The average Bonchev–Trinajstić information content (AvgIpc) is 2.77. The monoisotopic (exact) mass is 506 g/mol. The molecule has 6 nitrogen and oxygen atoms in total. The number of amides is 2. The fourth-order valence-corrected chi connectivity index (χ4v) is 4.28. The Morgan fingerprint density at radius 3 is 2.50 bits per heavy atom. The summed E-state index contributed by atoms with van der Waals surface area (Å²) >= 11 is 11.9. The van der Waals surface area contributed by atoms with E-state index in [9.17, 15) is 14.0 Å². The van der Waals surface area contributed by atoms with Gasteiger partial charge >= 0.3 is 0 Å². The highest BCUT2D eigenvalue weighted by Crippen LogP contribution is 2.32. The maximum Gasteiger partial charge on any atom is 0.251 e. The van der Waals surface area contributed by atoms with E-state index in [1.807, 2.05) is 33.8 Å². The molecule has 3 atom stereocenters. The van der Waals surface area contributed by atoms with Gasteiger partial charge in [-0.25, -0.2) is 4.39 Å². The van der Waals surface area contributed by atoms with E-state index in [1.54, 1.807) is 31.2 Å². The number of hydrogen-bond donors (Lipinski definition) is 2. The number of carbonyl (C=O) groups excluding carboxylic acids is 2. The molecular weight excluding hydrogens is 478 g/mol. The predicted octanol–water partition coefficient (Wildman–Crippen LogP) is 5.78. The van der Waals surface area contributed by atoms with Gasteiger partial charge in [0.2, 0.25) is 11.9 Å². The summed E-state index contributed by atoms with van der Waals surface area (Å²) in [6.07, 6.45) is 0.227. The Hall–Kier alpha value is -2.64. The van der Waals surface area contributed by atoms with Crippen LogP contribution in [0.4, 0.5) is 4.39 Å². The first kappa shape index (κ1) is 26.0. The van der Waals surface area contributed by atoms with Crippen LogP contribution in [0.1, 0.15) is 74.6 Å². The van der Waals surface area contributed by atoms with Crippen molar-refractivity contribution in [1.29, 1.82) is 0 Å². The van der Waals surface area contributed by atoms with Crippen molar-refractivity contribution in [3.63, 3.8) is 0 Å². The van der Waals surface area contributed by atoms with Crippen LogP contribution in [0.2, 0.25) is 5.02 Å². The van der Waals surface area contributed by atoms with Gasteiger partial charge in [-0.1, -0.05) is 37.6 Å². The van der Waals surface area contributed by atoms with Gasteiger partial charge in [0.15, 0.2) is 0 Å². The van der Waals surface area contributed by atoms with Crippen molar-refractivity contribution in [1.82, 2.24) is 15.5 Å². The molecule has 1 aliphatic rings. The summed E-state index contributed by atoms with van der Waals surface area (Å²) < 4.78 is 18.3. The largest absolute Gasteiger partial charge is 0.349 e. The Morgan fingerprint density at radius 1 is 1.18 bits per heavy atom. The quantitative estimate of drug-likeness (QED) is 0.521. The van der Waals surface area contributed by atoms with Crippen LogP contribution in [0, 0.1) is 11.7 Å². The predicted molar refractivity (Wildman–Crippen MR) is 133 cm³/mol. The number of nitrogens with one attached hydrogen (secondary N) is 2. The fraction of sp³-hybridized carbons (Fsp3) is 0.400. The van der Waals surface area contributed by atoms with E-state index in [0.717, 1.165) is 5.56 Å². The van der Waals surface area contributed by atoms with Gasteiger partial charge in [0.05, 0.1) is 18.5 Å². The van der Waals surface area contributed by atoms with Crippen LogP contribution >= 0.6 is 23.4 Å². The van der Waals surface area contributed by atoms with Crippen LogP contribution in [0.5, 0.6) is 0 Å². The lowest BCUT2D eigenvalue weighted by atomic mass is 9.83. The minimum Gasteiger partial charge on any atom is -0.349 e. The third-order valence-corrected chi connectivity index (χ3v) is 6.91. The first-order valence-corrected chi connectivity index (χ1v) is 11.8. The van der Waals surface area contributed by atoms with Crippen LogP contribution in [-0.2, 0) is 4.79 Å². The third-order valence-electron chi connectivity index (χ3n) is 6.52. The molecule has 3 rings (SSSR count). The molecule has 0 unspecified atom stereocenters. The lowest BCUT2D eigenvalue weighted by molar-refractivity contribution is -0.132. The summed E-state index contributed by atoms with van der Waals surface area (Å²) in [7, 11) is 0. The van der Waals surface area contributed by atoms with Gasteiger partial charge in [-0.05, 0) is 68.1 Å². The number of guanidine groups is 1. The molecule has 1 fully saturated rings. The number of nitrogens with zero attached hydrogens (tertiary/aromatic N) is 2. The molecule has 1 aliphatic heterocycles. The summed E-state index contributed by atoms with van der Waals surface area (Å²) in [5.74, 6) is -0.868. The molecule has 2 aromatic carbocycles. The number of benzene rings is 2. The zero-order valence-electron chi connectivity index (χ0n) is 19.8. The molecule has 9 heteroatoms. The van der Waals surface area contributed by atoms with Crippen LogP contribution in [-0.4, -0.2) is 28.2 Å². The van der Waals surface area contributed by atoms with Gasteiger partial charge in [0, 0.05) is 27.9 Å². The minimum atomic E-state index is -0.609. The highest BCUT2D eigenvalue weighted by atomic mass is 35.5. The van der Waals surface area contributed by atoms with Gasteiger partial charge < -0.3 is 10.6 Å². The van der Waals surface area contributed by atoms with Crippen LogP contribution in [0.3, 0.4) is 0 Å². The number of carbonyl (C=O) groups is 2. The second-order valence-corrected chi connectivity index (χ2v) is 9.85. The SMILES string of the molecule is CC(C)[C@]1(C)CC(=O)N([C@H](C)c2cc(F)cc(C(=O)N[C@@H](C)c3cccc(Cl)c3)c2)/C(=N/Cl)N1. The topological polar surface area (TPSA) is 73.8 Å². The maximum atomic E-state index is 14.6. The zero-order valence-corrected chi connectivity index (χ0v) is 21.3. The molecule has 1 saturated heterocycles. The van der Waals surface area contributed by atoms with Gasteiger partial charge in [-0.15, -0.1) is 4.51 Å². The van der Waals surface area contributed by atoms with Crippen LogP contribution < -0.4 is 10.6 Å². The molecule has 2 N–H and O–H groups in total. The molecule has 34 heavy (non-hydrogen) atoms. The van der Waals surface area contributed by atoms with E-state index in [1.165, 1.54) is 17.0 Å². The van der Waals surface area contributed by atoms with Gasteiger partial charge in [0.1, 0.15) is 5.82 Å². The van der Waals surface area contributed by atoms with Crippen molar-refractivity contribution in [2.75, 3.05) is 0 Å². The van der Waals surface area contributed by atoms with Gasteiger partial charge in [0.25, 0.3) is 5.91 Å². The highest BCUT2D eigenvalue weighted by Gasteiger charge is 2.42. The summed E-state index contributed by atoms with van der Waals surface area (Å²) in [5, 5.41) is 6.67. The lowest BCUT2D eigenvalue weighted by Crippen LogP contribution is -2.63.